The topological polar surface area (TPSA) is 55.6 Å². The summed E-state index contributed by atoms with van der Waals surface area (Å²) in [5, 5.41) is 0. The Morgan fingerprint density at radius 1 is 1.41 bits per heavy atom. The maximum atomic E-state index is 12.5. The minimum absolute atomic E-state index is 0.0764. The van der Waals surface area contributed by atoms with Crippen LogP contribution in [0.1, 0.15) is 39.5 Å². The highest BCUT2D eigenvalue weighted by atomic mass is 16.5. The molecule has 0 aromatic carbocycles. The van der Waals surface area contributed by atoms with Gasteiger partial charge in [0.05, 0.1) is 19.3 Å². The van der Waals surface area contributed by atoms with Gasteiger partial charge in [0.15, 0.2) is 0 Å². The average Bonchev–Trinajstić information content (AvgIpc) is 2.37. The van der Waals surface area contributed by atoms with Gasteiger partial charge in [-0.2, -0.15) is 0 Å². The molecule has 4 heteroatoms. The smallest absolute Gasteiger partial charge is 0.226 e. The van der Waals surface area contributed by atoms with Crippen molar-refractivity contribution in [3.63, 3.8) is 0 Å². The number of carbonyl (C=O) groups excluding carboxylic acids is 1. The van der Waals surface area contributed by atoms with Crippen LogP contribution >= 0.6 is 0 Å². The van der Waals surface area contributed by atoms with Gasteiger partial charge < -0.3 is 15.4 Å². The molecule has 0 aromatic rings. The molecule has 1 unspecified atom stereocenters. The fourth-order valence-electron chi connectivity index (χ4n) is 2.46. The Morgan fingerprint density at radius 2 is 2.06 bits per heavy atom. The average molecular weight is 242 g/mol. The molecular weight excluding hydrogens is 216 g/mol. The van der Waals surface area contributed by atoms with Gasteiger partial charge in [0.25, 0.3) is 0 Å². The second kappa shape index (κ2) is 7.67. The third kappa shape index (κ3) is 3.96. The Hall–Kier alpha value is -0.610. The number of hydrogen-bond donors (Lipinski definition) is 1. The molecule has 0 radical (unpaired) electrons. The molecule has 1 heterocycles. The van der Waals surface area contributed by atoms with Gasteiger partial charge in [0, 0.05) is 19.0 Å². The summed E-state index contributed by atoms with van der Waals surface area (Å²) < 4.78 is 5.38. The zero-order chi connectivity index (χ0) is 12.7. The molecule has 1 fully saturated rings. The number of nitrogens with two attached hydrogens (primary N) is 1. The molecule has 0 bridgehead atoms. The monoisotopic (exact) mass is 242 g/mol. The maximum Gasteiger partial charge on any atom is 0.226 e. The van der Waals surface area contributed by atoms with E-state index in [4.69, 9.17) is 10.5 Å². The number of carbonyl (C=O) groups is 1. The van der Waals surface area contributed by atoms with Crippen LogP contribution in [-0.2, 0) is 9.53 Å². The van der Waals surface area contributed by atoms with Crippen LogP contribution < -0.4 is 5.73 Å². The molecule has 1 aliphatic rings. The van der Waals surface area contributed by atoms with Crippen LogP contribution in [0.5, 0.6) is 0 Å². The molecule has 1 aliphatic heterocycles. The Morgan fingerprint density at radius 3 is 2.59 bits per heavy atom. The van der Waals surface area contributed by atoms with Crippen LogP contribution in [0, 0.1) is 5.92 Å². The van der Waals surface area contributed by atoms with E-state index in [1.54, 1.807) is 0 Å². The van der Waals surface area contributed by atoms with E-state index < -0.39 is 0 Å². The number of amides is 1. The summed E-state index contributed by atoms with van der Waals surface area (Å²) in [4.78, 5) is 14.4. The molecule has 1 rings (SSSR count). The molecule has 2 N–H and O–H groups in total. The summed E-state index contributed by atoms with van der Waals surface area (Å²) in [6.45, 7) is 6.70. The molecule has 1 amide bonds. The van der Waals surface area contributed by atoms with E-state index in [2.05, 4.69) is 13.8 Å². The second-order valence-corrected chi connectivity index (χ2v) is 4.77. The van der Waals surface area contributed by atoms with Gasteiger partial charge in [-0.25, -0.2) is 0 Å². The van der Waals surface area contributed by atoms with Gasteiger partial charge >= 0.3 is 0 Å². The Labute approximate surface area is 104 Å². The molecule has 4 nitrogen and oxygen atoms in total. The van der Waals surface area contributed by atoms with Crippen molar-refractivity contribution in [1.29, 1.82) is 0 Å². The number of nitrogens with zero attached hydrogens (tertiary/aromatic N) is 1. The third-order valence-electron chi connectivity index (χ3n) is 3.41. The van der Waals surface area contributed by atoms with Crippen LogP contribution in [-0.4, -0.2) is 43.2 Å². The third-order valence-corrected chi connectivity index (χ3v) is 3.41. The summed E-state index contributed by atoms with van der Waals surface area (Å²) in [6.07, 6.45) is 4.10. The van der Waals surface area contributed by atoms with Gasteiger partial charge in [-0.3, -0.25) is 4.79 Å². The highest BCUT2D eigenvalue weighted by Crippen LogP contribution is 2.19. The first-order valence-electron chi connectivity index (χ1n) is 6.82. The summed E-state index contributed by atoms with van der Waals surface area (Å²) in [6, 6.07) is 0.0764. The highest BCUT2D eigenvalue weighted by Gasteiger charge is 2.30. The van der Waals surface area contributed by atoms with E-state index >= 15 is 0 Å². The summed E-state index contributed by atoms with van der Waals surface area (Å²) in [7, 11) is 0. The van der Waals surface area contributed by atoms with Crippen molar-refractivity contribution in [2.24, 2.45) is 11.7 Å². The molecule has 17 heavy (non-hydrogen) atoms. The Bertz CT molecular complexity index is 227. The maximum absolute atomic E-state index is 12.5. The van der Waals surface area contributed by atoms with E-state index in [1.165, 1.54) is 0 Å². The van der Waals surface area contributed by atoms with Gasteiger partial charge in [-0.15, -0.1) is 0 Å². The second-order valence-electron chi connectivity index (χ2n) is 4.77. The zero-order valence-corrected chi connectivity index (χ0v) is 11.2. The molecule has 1 atom stereocenters. The van der Waals surface area contributed by atoms with E-state index in [1.807, 2.05) is 4.90 Å². The quantitative estimate of drug-likeness (QED) is 0.765. The highest BCUT2D eigenvalue weighted by molar-refractivity contribution is 5.79. The van der Waals surface area contributed by atoms with Gasteiger partial charge in [-0.1, -0.05) is 26.7 Å². The lowest BCUT2D eigenvalue weighted by molar-refractivity contribution is -0.144. The number of hydrogen-bond acceptors (Lipinski definition) is 3. The molecular formula is C13H26N2O2. The molecule has 0 aromatic heterocycles. The van der Waals surface area contributed by atoms with Gasteiger partial charge in [0.1, 0.15) is 0 Å². The SMILES string of the molecule is CCCC(CCC)C(=O)N1CCOCC1CN. The molecule has 0 aliphatic carbocycles. The normalized spacial score (nSPS) is 20.9. The van der Waals surface area contributed by atoms with Crippen molar-refractivity contribution >= 4 is 5.91 Å². The largest absolute Gasteiger partial charge is 0.377 e. The van der Waals surface area contributed by atoms with Crippen molar-refractivity contribution in [2.45, 2.75) is 45.6 Å². The van der Waals surface area contributed by atoms with Crippen molar-refractivity contribution < 1.29 is 9.53 Å². The Balaban J connectivity index is 2.62. The van der Waals surface area contributed by atoms with Crippen LogP contribution in [0.3, 0.4) is 0 Å². The lowest BCUT2D eigenvalue weighted by atomic mass is 9.96. The predicted molar refractivity (Wildman–Crippen MR) is 68.7 cm³/mol. The molecule has 1 saturated heterocycles. The fourth-order valence-corrected chi connectivity index (χ4v) is 2.46. The minimum Gasteiger partial charge on any atom is -0.377 e. The van der Waals surface area contributed by atoms with Gasteiger partial charge in [0.2, 0.25) is 5.91 Å². The first kappa shape index (κ1) is 14.5. The number of rotatable bonds is 6. The first-order chi connectivity index (χ1) is 8.24. The van der Waals surface area contributed by atoms with Gasteiger partial charge in [-0.05, 0) is 12.8 Å². The number of morpholine rings is 1. The summed E-state index contributed by atoms with van der Waals surface area (Å²) in [5.74, 6) is 0.463. The van der Waals surface area contributed by atoms with Crippen molar-refractivity contribution in [3.05, 3.63) is 0 Å². The Kier molecular flexibility index (Phi) is 6.52. The van der Waals surface area contributed by atoms with Crippen LogP contribution in [0.15, 0.2) is 0 Å². The predicted octanol–water partition coefficient (Wildman–Crippen LogP) is 1.39. The standard InChI is InChI=1S/C13H26N2O2/c1-3-5-11(6-4-2)13(16)15-7-8-17-10-12(15)9-14/h11-12H,3-10,14H2,1-2H3. The van der Waals surface area contributed by atoms with E-state index in [-0.39, 0.29) is 17.9 Å². The van der Waals surface area contributed by atoms with Crippen molar-refractivity contribution in [2.75, 3.05) is 26.3 Å². The first-order valence-corrected chi connectivity index (χ1v) is 6.82. The molecule has 100 valence electrons. The molecule has 0 saturated carbocycles. The minimum atomic E-state index is 0.0764. The number of ether oxygens (including phenoxy) is 1. The van der Waals surface area contributed by atoms with E-state index in [9.17, 15) is 4.79 Å². The molecule has 0 spiro atoms. The zero-order valence-electron chi connectivity index (χ0n) is 11.2. The summed E-state index contributed by atoms with van der Waals surface area (Å²) in [5.41, 5.74) is 5.71. The van der Waals surface area contributed by atoms with Crippen molar-refractivity contribution in [1.82, 2.24) is 4.90 Å². The van der Waals surface area contributed by atoms with Crippen LogP contribution in [0.2, 0.25) is 0 Å². The van der Waals surface area contributed by atoms with Crippen molar-refractivity contribution in [3.8, 4) is 0 Å². The summed E-state index contributed by atoms with van der Waals surface area (Å²) >= 11 is 0. The fraction of sp³-hybridized carbons (Fsp3) is 0.923. The van der Waals surface area contributed by atoms with E-state index in [0.29, 0.717) is 26.3 Å². The lowest BCUT2D eigenvalue weighted by Gasteiger charge is -2.37. The van der Waals surface area contributed by atoms with E-state index in [0.717, 1.165) is 25.7 Å². The van der Waals surface area contributed by atoms with Crippen LogP contribution in [0.25, 0.3) is 0 Å². The van der Waals surface area contributed by atoms with Crippen LogP contribution in [0.4, 0.5) is 0 Å². The lowest BCUT2D eigenvalue weighted by Crippen LogP contribution is -2.53.